The molecule has 0 spiro atoms. The van der Waals surface area contributed by atoms with Gasteiger partial charge in [-0.15, -0.1) is 0 Å². The maximum Gasteiger partial charge on any atom is 0.251 e. The van der Waals surface area contributed by atoms with Crippen molar-refractivity contribution in [3.05, 3.63) is 28.7 Å². The highest BCUT2D eigenvalue weighted by Gasteiger charge is 2.24. The van der Waals surface area contributed by atoms with E-state index in [2.05, 4.69) is 5.32 Å². The lowest BCUT2D eigenvalue weighted by Crippen LogP contribution is -2.53. The van der Waals surface area contributed by atoms with Gasteiger partial charge < -0.3 is 25.8 Å². The van der Waals surface area contributed by atoms with Gasteiger partial charge in [0.2, 0.25) is 5.91 Å². The highest BCUT2D eigenvalue weighted by atomic mass is 16.3. The third-order valence-corrected chi connectivity index (χ3v) is 2.46. The van der Waals surface area contributed by atoms with Crippen LogP contribution in [0.25, 0.3) is 0 Å². The highest BCUT2D eigenvalue weighted by molar-refractivity contribution is 5.76. The van der Waals surface area contributed by atoms with E-state index in [4.69, 9.17) is 15.9 Å². The van der Waals surface area contributed by atoms with Crippen LogP contribution in [0.3, 0.4) is 0 Å². The molecule has 0 bridgehead atoms. The first-order valence-electron chi connectivity index (χ1n) is 5.39. The number of aliphatic hydroxyl groups is 2. The number of carbonyl (C=O) groups is 1. The molecular weight excluding hydrogens is 238 g/mol. The number of hydrogen-bond acceptors (Lipinski definition) is 5. The van der Waals surface area contributed by atoms with E-state index in [-0.39, 0.29) is 12.1 Å². The summed E-state index contributed by atoms with van der Waals surface area (Å²) in [7, 11) is 0. The Bertz CT molecular complexity index is 479. The molecule has 0 aromatic carbocycles. The van der Waals surface area contributed by atoms with Gasteiger partial charge in [-0.3, -0.25) is 9.59 Å². The lowest BCUT2D eigenvalue weighted by atomic mass is 10.1. The van der Waals surface area contributed by atoms with Gasteiger partial charge in [0.25, 0.3) is 5.56 Å². The van der Waals surface area contributed by atoms with Crippen LogP contribution in [0.5, 0.6) is 0 Å². The number of nitrogens with zero attached hydrogens (tertiary/aromatic N) is 1. The van der Waals surface area contributed by atoms with Crippen molar-refractivity contribution < 1.29 is 15.0 Å². The molecule has 5 N–H and O–H groups in total. The van der Waals surface area contributed by atoms with E-state index >= 15 is 0 Å². The van der Waals surface area contributed by atoms with Crippen molar-refractivity contribution in [2.75, 3.05) is 18.9 Å². The van der Waals surface area contributed by atoms with Gasteiger partial charge in [-0.05, 0) is 13.0 Å². The molecule has 1 aromatic heterocycles. The van der Waals surface area contributed by atoms with E-state index in [1.807, 2.05) is 0 Å². The van der Waals surface area contributed by atoms with Crippen LogP contribution in [-0.4, -0.2) is 39.4 Å². The summed E-state index contributed by atoms with van der Waals surface area (Å²) in [5.41, 5.74) is 4.42. The summed E-state index contributed by atoms with van der Waals surface area (Å²) in [6.07, 6.45) is 1.36. The fraction of sp³-hybridized carbons (Fsp3) is 0.455. The molecule has 1 rings (SSSR count). The maximum atomic E-state index is 11.7. The van der Waals surface area contributed by atoms with Crippen LogP contribution in [-0.2, 0) is 11.3 Å². The topological polar surface area (TPSA) is 118 Å². The summed E-state index contributed by atoms with van der Waals surface area (Å²) in [6, 6.07) is 2.71. The second-order valence-corrected chi connectivity index (χ2v) is 4.35. The number of anilines is 1. The Kier molecular flexibility index (Phi) is 4.46. The minimum atomic E-state index is -1.11. The number of aromatic nitrogens is 1. The zero-order valence-corrected chi connectivity index (χ0v) is 10.1. The second-order valence-electron chi connectivity index (χ2n) is 4.35. The van der Waals surface area contributed by atoms with Gasteiger partial charge in [-0.25, -0.2) is 0 Å². The van der Waals surface area contributed by atoms with Gasteiger partial charge in [0.15, 0.2) is 0 Å². The number of nitrogens with two attached hydrogens (primary N) is 1. The first kappa shape index (κ1) is 14.2. The molecule has 1 heterocycles. The van der Waals surface area contributed by atoms with E-state index in [9.17, 15) is 9.59 Å². The fourth-order valence-electron chi connectivity index (χ4n) is 1.33. The average Bonchev–Trinajstić information content (AvgIpc) is 2.33. The largest absolute Gasteiger partial charge is 0.398 e. The molecule has 0 unspecified atom stereocenters. The summed E-state index contributed by atoms with van der Waals surface area (Å²) in [5, 5.41) is 20.5. The Hall–Kier alpha value is -1.86. The lowest BCUT2D eigenvalue weighted by Gasteiger charge is -2.26. The fourth-order valence-corrected chi connectivity index (χ4v) is 1.33. The molecule has 7 nitrogen and oxygen atoms in total. The van der Waals surface area contributed by atoms with Crippen LogP contribution in [0.15, 0.2) is 23.1 Å². The molecule has 7 heteroatoms. The number of nitrogen functional groups attached to an aromatic ring is 1. The number of aliphatic hydroxyl groups excluding tert-OH is 2. The van der Waals surface area contributed by atoms with Crippen molar-refractivity contribution in [3.8, 4) is 0 Å². The first-order chi connectivity index (χ1) is 8.40. The Balaban J connectivity index is 2.76. The van der Waals surface area contributed by atoms with Crippen molar-refractivity contribution in [3.63, 3.8) is 0 Å². The third-order valence-electron chi connectivity index (χ3n) is 2.46. The SMILES string of the molecule is CC(CO)(CO)NC(=O)Cn1cc(N)ccc1=O. The molecule has 0 saturated carbocycles. The summed E-state index contributed by atoms with van der Waals surface area (Å²) < 4.78 is 1.15. The standard InChI is InChI=1S/C11H17N3O4/c1-11(6-15,7-16)13-9(17)5-14-4-8(12)2-3-10(14)18/h2-4,15-16H,5-7,12H2,1H3,(H,13,17). The van der Waals surface area contributed by atoms with Crippen molar-refractivity contribution >= 4 is 11.6 Å². The average molecular weight is 255 g/mol. The van der Waals surface area contributed by atoms with E-state index in [1.165, 1.54) is 25.3 Å². The molecule has 0 fully saturated rings. The molecule has 18 heavy (non-hydrogen) atoms. The zero-order valence-electron chi connectivity index (χ0n) is 10.1. The van der Waals surface area contributed by atoms with Gasteiger partial charge >= 0.3 is 0 Å². The number of carbonyl (C=O) groups excluding carboxylic acids is 1. The molecule has 0 radical (unpaired) electrons. The number of nitrogens with one attached hydrogen (secondary N) is 1. The molecule has 0 atom stereocenters. The Labute approximate surface area is 104 Å². The van der Waals surface area contributed by atoms with Gasteiger partial charge in [0.05, 0.1) is 18.8 Å². The Morgan fingerprint density at radius 3 is 2.61 bits per heavy atom. The van der Waals surface area contributed by atoms with Gasteiger partial charge in [0, 0.05) is 18.0 Å². The van der Waals surface area contributed by atoms with E-state index < -0.39 is 24.7 Å². The molecule has 0 aliphatic carbocycles. The summed E-state index contributed by atoms with van der Waals surface area (Å²) in [4.78, 5) is 23.1. The van der Waals surface area contributed by atoms with Gasteiger partial charge in [0.1, 0.15) is 6.54 Å². The normalized spacial score (nSPS) is 11.3. The van der Waals surface area contributed by atoms with Crippen LogP contribution in [0.2, 0.25) is 0 Å². The van der Waals surface area contributed by atoms with Crippen molar-refractivity contribution in [2.24, 2.45) is 0 Å². The monoisotopic (exact) mass is 255 g/mol. The van der Waals surface area contributed by atoms with Crippen molar-refractivity contribution in [1.82, 2.24) is 9.88 Å². The van der Waals surface area contributed by atoms with E-state index in [0.29, 0.717) is 5.69 Å². The molecule has 0 aliphatic heterocycles. The van der Waals surface area contributed by atoms with Gasteiger partial charge in [-0.2, -0.15) is 0 Å². The molecular formula is C11H17N3O4. The number of amides is 1. The minimum Gasteiger partial charge on any atom is -0.398 e. The summed E-state index contributed by atoms with van der Waals surface area (Å²) >= 11 is 0. The Morgan fingerprint density at radius 1 is 1.44 bits per heavy atom. The summed E-state index contributed by atoms with van der Waals surface area (Å²) in [6.45, 7) is 0.467. The van der Waals surface area contributed by atoms with Crippen LogP contribution in [0, 0.1) is 0 Å². The van der Waals surface area contributed by atoms with E-state index in [0.717, 1.165) is 4.57 Å². The number of pyridine rings is 1. The third kappa shape index (κ3) is 3.57. The minimum absolute atomic E-state index is 0.223. The predicted octanol–water partition coefficient (Wildman–Crippen LogP) is -1.71. The highest BCUT2D eigenvalue weighted by Crippen LogP contribution is 2.01. The van der Waals surface area contributed by atoms with Gasteiger partial charge in [-0.1, -0.05) is 0 Å². The second kappa shape index (κ2) is 5.65. The van der Waals surface area contributed by atoms with Crippen molar-refractivity contribution in [2.45, 2.75) is 19.0 Å². The Morgan fingerprint density at radius 2 is 2.06 bits per heavy atom. The molecule has 0 saturated heterocycles. The van der Waals surface area contributed by atoms with Crippen molar-refractivity contribution in [1.29, 1.82) is 0 Å². The quantitative estimate of drug-likeness (QED) is 0.500. The summed E-state index contributed by atoms with van der Waals surface area (Å²) in [5.74, 6) is -0.492. The molecule has 0 aliphatic rings. The molecule has 100 valence electrons. The van der Waals surface area contributed by atoms with Crippen LogP contribution >= 0.6 is 0 Å². The first-order valence-corrected chi connectivity index (χ1v) is 5.39. The van der Waals surface area contributed by atoms with Crippen LogP contribution in [0.4, 0.5) is 5.69 Å². The smallest absolute Gasteiger partial charge is 0.251 e. The van der Waals surface area contributed by atoms with E-state index in [1.54, 1.807) is 0 Å². The number of hydrogen-bond donors (Lipinski definition) is 4. The molecule has 1 aromatic rings. The van der Waals surface area contributed by atoms with Crippen LogP contribution in [0.1, 0.15) is 6.92 Å². The zero-order chi connectivity index (χ0) is 13.8. The maximum absolute atomic E-state index is 11.7. The van der Waals surface area contributed by atoms with Crippen LogP contribution < -0.4 is 16.6 Å². The molecule has 1 amide bonds. The number of rotatable bonds is 5. The predicted molar refractivity (Wildman–Crippen MR) is 65.8 cm³/mol. The lowest BCUT2D eigenvalue weighted by molar-refractivity contribution is -0.124.